The summed E-state index contributed by atoms with van der Waals surface area (Å²) in [5.41, 5.74) is 0.376. The number of rotatable bonds is 4. The summed E-state index contributed by atoms with van der Waals surface area (Å²) in [6, 6.07) is 3.23. The predicted molar refractivity (Wildman–Crippen MR) is 63.6 cm³/mol. The van der Waals surface area contributed by atoms with E-state index in [0.29, 0.717) is 5.69 Å². The molecular weight excluding hydrogens is 244 g/mol. The molecule has 6 heteroatoms. The zero-order valence-corrected chi connectivity index (χ0v) is 9.90. The molecule has 0 unspecified atom stereocenters. The number of hydrogen-bond acceptors (Lipinski definition) is 4. The summed E-state index contributed by atoms with van der Waals surface area (Å²) in [4.78, 5) is 26.1. The Kier molecular flexibility index (Phi) is 5.16. The summed E-state index contributed by atoms with van der Waals surface area (Å²) in [7, 11) is 0. The first-order valence-electron chi connectivity index (χ1n) is 4.83. The first-order chi connectivity index (χ1) is 8.13. The van der Waals surface area contributed by atoms with Crippen LogP contribution in [-0.2, 0) is 14.3 Å². The van der Waals surface area contributed by atoms with Gasteiger partial charge < -0.3 is 10.1 Å². The fourth-order valence-corrected chi connectivity index (χ4v) is 1.15. The van der Waals surface area contributed by atoms with Crippen molar-refractivity contribution >= 4 is 29.2 Å². The van der Waals surface area contributed by atoms with Gasteiger partial charge in [-0.15, -0.1) is 0 Å². The Labute approximate surface area is 103 Å². The molecule has 0 aliphatic carbocycles. The summed E-state index contributed by atoms with van der Waals surface area (Å²) in [5, 5.41) is 2.65. The van der Waals surface area contributed by atoms with Gasteiger partial charge in [-0.2, -0.15) is 0 Å². The highest BCUT2D eigenvalue weighted by Crippen LogP contribution is 2.16. The van der Waals surface area contributed by atoms with Crippen molar-refractivity contribution in [2.45, 2.75) is 6.92 Å². The van der Waals surface area contributed by atoms with Crippen molar-refractivity contribution in [3.63, 3.8) is 0 Å². The molecule has 90 valence electrons. The number of carbonyl (C=O) groups is 2. The number of pyridine rings is 1. The van der Waals surface area contributed by atoms with Gasteiger partial charge in [0.05, 0.1) is 5.69 Å². The molecule has 0 saturated heterocycles. The monoisotopic (exact) mass is 254 g/mol. The van der Waals surface area contributed by atoms with E-state index in [2.05, 4.69) is 15.0 Å². The number of hydrogen-bond donors (Lipinski definition) is 1. The molecule has 0 radical (unpaired) electrons. The Morgan fingerprint density at radius 2 is 2.35 bits per heavy atom. The van der Waals surface area contributed by atoms with Crippen LogP contribution in [0.2, 0.25) is 5.15 Å². The van der Waals surface area contributed by atoms with Gasteiger partial charge >= 0.3 is 5.97 Å². The van der Waals surface area contributed by atoms with Gasteiger partial charge in [-0.1, -0.05) is 17.7 Å². The number of nitrogens with one attached hydrogen (secondary N) is 1. The van der Waals surface area contributed by atoms with Crippen LogP contribution in [0.4, 0.5) is 5.69 Å². The van der Waals surface area contributed by atoms with Crippen LogP contribution in [0.15, 0.2) is 30.5 Å². The topological polar surface area (TPSA) is 68.3 Å². The lowest BCUT2D eigenvalue weighted by molar-refractivity contribution is -0.142. The predicted octanol–water partition coefficient (Wildman–Crippen LogP) is 1.79. The van der Waals surface area contributed by atoms with Crippen molar-refractivity contribution in [1.29, 1.82) is 0 Å². The van der Waals surface area contributed by atoms with E-state index < -0.39 is 11.9 Å². The van der Waals surface area contributed by atoms with Gasteiger partial charge in [0.1, 0.15) is 0 Å². The molecule has 17 heavy (non-hydrogen) atoms. The van der Waals surface area contributed by atoms with E-state index in [0.717, 1.165) is 0 Å². The molecule has 1 heterocycles. The van der Waals surface area contributed by atoms with Gasteiger partial charge in [0.2, 0.25) is 0 Å². The number of carbonyl (C=O) groups excluding carboxylic acids is 2. The van der Waals surface area contributed by atoms with Gasteiger partial charge in [-0.25, -0.2) is 9.78 Å². The lowest BCUT2D eigenvalue weighted by Gasteiger charge is -2.05. The second-order valence-corrected chi connectivity index (χ2v) is 3.36. The van der Waals surface area contributed by atoms with E-state index in [9.17, 15) is 9.59 Å². The molecule has 5 nitrogen and oxygen atoms in total. The third-order valence-electron chi connectivity index (χ3n) is 1.68. The molecule has 1 aromatic heterocycles. The van der Waals surface area contributed by atoms with E-state index >= 15 is 0 Å². The summed E-state index contributed by atoms with van der Waals surface area (Å²) in [5.74, 6) is -1.04. The van der Waals surface area contributed by atoms with Gasteiger partial charge in [-0.3, -0.25) is 4.79 Å². The first-order valence-corrected chi connectivity index (χ1v) is 5.21. The molecule has 0 aromatic carbocycles. The molecule has 0 fully saturated rings. The van der Waals surface area contributed by atoms with Gasteiger partial charge in [0.15, 0.2) is 11.8 Å². The van der Waals surface area contributed by atoms with Crippen molar-refractivity contribution in [2.75, 3.05) is 11.9 Å². The molecule has 0 aliphatic heterocycles. The maximum absolute atomic E-state index is 11.4. The highest BCUT2D eigenvalue weighted by molar-refractivity contribution is 6.32. The van der Waals surface area contributed by atoms with Crippen LogP contribution in [0.5, 0.6) is 0 Å². The summed E-state index contributed by atoms with van der Waals surface area (Å²) in [6.07, 6.45) is 4.26. The molecule has 1 amide bonds. The van der Waals surface area contributed by atoms with Crippen LogP contribution in [0.25, 0.3) is 0 Å². The fraction of sp³-hybridized carbons (Fsp3) is 0.182. The van der Waals surface area contributed by atoms with Crippen LogP contribution >= 0.6 is 11.6 Å². The number of allylic oxidation sites excluding steroid dienone is 1. The van der Waals surface area contributed by atoms with Crippen molar-refractivity contribution in [3.05, 3.63) is 35.6 Å². The van der Waals surface area contributed by atoms with E-state index in [1.54, 1.807) is 19.1 Å². The Hall–Kier alpha value is -1.88. The van der Waals surface area contributed by atoms with E-state index in [1.807, 2.05) is 0 Å². The zero-order chi connectivity index (χ0) is 12.7. The number of amides is 1. The number of ether oxygens (including phenoxy) is 1. The van der Waals surface area contributed by atoms with Crippen LogP contribution in [0.1, 0.15) is 6.92 Å². The largest absolute Gasteiger partial charge is 0.452 e. The number of esters is 1. The van der Waals surface area contributed by atoms with Crippen LogP contribution in [0, 0.1) is 0 Å². The molecule has 1 aromatic rings. The molecule has 0 aliphatic rings. The smallest absolute Gasteiger partial charge is 0.330 e. The molecule has 0 bridgehead atoms. The Balaban J connectivity index is 2.45. The van der Waals surface area contributed by atoms with Crippen LogP contribution in [-0.4, -0.2) is 23.5 Å². The van der Waals surface area contributed by atoms with E-state index in [1.165, 1.54) is 18.3 Å². The highest BCUT2D eigenvalue weighted by Gasteiger charge is 2.07. The second-order valence-electron chi connectivity index (χ2n) is 3.00. The number of aromatic nitrogens is 1. The van der Waals surface area contributed by atoms with E-state index in [4.69, 9.17) is 11.6 Å². The van der Waals surface area contributed by atoms with Gasteiger partial charge in [-0.05, 0) is 19.1 Å². The van der Waals surface area contributed by atoms with Gasteiger partial charge in [0, 0.05) is 12.3 Å². The maximum Gasteiger partial charge on any atom is 0.330 e. The molecule has 1 N–H and O–H groups in total. The maximum atomic E-state index is 11.4. The standard InChI is InChI=1S/C11H11ClN2O3/c1-2-4-10(16)17-7-9(15)14-8-5-3-6-13-11(8)12/h2-6H,7H2,1H3,(H,14,15)/b4-2+. The average molecular weight is 255 g/mol. The third-order valence-corrected chi connectivity index (χ3v) is 1.98. The highest BCUT2D eigenvalue weighted by atomic mass is 35.5. The van der Waals surface area contributed by atoms with E-state index in [-0.39, 0.29) is 11.8 Å². The number of halogens is 1. The number of nitrogens with zero attached hydrogens (tertiary/aromatic N) is 1. The van der Waals surface area contributed by atoms with Gasteiger partial charge in [0.25, 0.3) is 5.91 Å². The lowest BCUT2D eigenvalue weighted by Crippen LogP contribution is -2.20. The fourth-order valence-electron chi connectivity index (χ4n) is 0.986. The SMILES string of the molecule is C/C=C/C(=O)OCC(=O)Nc1cccnc1Cl. The van der Waals surface area contributed by atoms with Crippen molar-refractivity contribution in [3.8, 4) is 0 Å². The minimum atomic E-state index is -0.570. The molecule has 0 spiro atoms. The number of anilines is 1. The summed E-state index contributed by atoms with van der Waals surface area (Å²) >= 11 is 5.74. The Morgan fingerprint density at radius 3 is 3.00 bits per heavy atom. The zero-order valence-electron chi connectivity index (χ0n) is 9.14. The quantitative estimate of drug-likeness (QED) is 0.505. The van der Waals surface area contributed by atoms with Crippen molar-refractivity contribution < 1.29 is 14.3 Å². The Morgan fingerprint density at radius 1 is 1.59 bits per heavy atom. The average Bonchev–Trinajstić information content (AvgIpc) is 2.30. The third kappa shape index (κ3) is 4.65. The first kappa shape index (κ1) is 13.2. The summed E-state index contributed by atoms with van der Waals surface area (Å²) < 4.78 is 4.66. The second kappa shape index (κ2) is 6.65. The van der Waals surface area contributed by atoms with Crippen LogP contribution in [0.3, 0.4) is 0 Å². The van der Waals surface area contributed by atoms with Crippen LogP contribution < -0.4 is 5.32 Å². The van der Waals surface area contributed by atoms with Crippen molar-refractivity contribution in [1.82, 2.24) is 4.98 Å². The summed E-state index contributed by atoms with van der Waals surface area (Å²) in [6.45, 7) is 1.31. The molecule has 1 rings (SSSR count). The minimum Gasteiger partial charge on any atom is -0.452 e. The normalized spacial score (nSPS) is 10.2. The molecule has 0 saturated carbocycles. The Bertz CT molecular complexity index is 446. The molecular formula is C11H11ClN2O3. The molecule has 0 atom stereocenters. The van der Waals surface area contributed by atoms with Crippen molar-refractivity contribution in [2.24, 2.45) is 0 Å². The minimum absolute atomic E-state index is 0.181. The lowest BCUT2D eigenvalue weighted by atomic mass is 10.4.